The van der Waals surface area contributed by atoms with E-state index in [0.717, 1.165) is 18.5 Å². The van der Waals surface area contributed by atoms with Crippen LogP contribution in [0, 0.1) is 12.8 Å². The predicted octanol–water partition coefficient (Wildman–Crippen LogP) is 3.29. The number of allylic oxidation sites excluding steroid dienone is 2. The Morgan fingerprint density at radius 1 is 1.38 bits per heavy atom. The summed E-state index contributed by atoms with van der Waals surface area (Å²) in [5.74, 6) is 0.547. The van der Waals surface area contributed by atoms with Crippen molar-refractivity contribution in [3.05, 3.63) is 42.0 Å². The summed E-state index contributed by atoms with van der Waals surface area (Å²) in [6.45, 7) is 2.04. The first-order valence-corrected chi connectivity index (χ1v) is 5.77. The van der Waals surface area contributed by atoms with Gasteiger partial charge in [-0.3, -0.25) is 4.79 Å². The van der Waals surface area contributed by atoms with E-state index in [-0.39, 0.29) is 5.91 Å². The molecule has 0 aromatic heterocycles. The Bertz CT molecular complexity index is 392. The zero-order chi connectivity index (χ0) is 11.4. The smallest absolute Gasteiger partial charge is 0.224 e. The molecule has 1 atom stereocenters. The van der Waals surface area contributed by atoms with Crippen molar-refractivity contribution in [3.8, 4) is 0 Å². The Hall–Kier alpha value is -1.57. The minimum atomic E-state index is 0.111. The second-order valence-electron chi connectivity index (χ2n) is 4.38. The van der Waals surface area contributed by atoms with Crippen LogP contribution in [0.5, 0.6) is 0 Å². The lowest BCUT2D eigenvalue weighted by atomic mass is 10.1. The number of nitrogens with one attached hydrogen (secondary N) is 1. The molecule has 1 aromatic carbocycles. The molecule has 0 aliphatic heterocycles. The Kier molecular flexibility index (Phi) is 3.40. The average Bonchev–Trinajstić information content (AvgIpc) is 2.74. The van der Waals surface area contributed by atoms with Crippen LogP contribution in [0.15, 0.2) is 36.4 Å². The van der Waals surface area contributed by atoms with Crippen molar-refractivity contribution in [2.75, 3.05) is 5.32 Å². The number of hydrogen-bond donors (Lipinski definition) is 1. The molecule has 0 unspecified atom stereocenters. The van der Waals surface area contributed by atoms with E-state index in [1.807, 2.05) is 31.2 Å². The third kappa shape index (κ3) is 2.96. The highest BCUT2D eigenvalue weighted by Crippen LogP contribution is 2.21. The van der Waals surface area contributed by atoms with Gasteiger partial charge in [0.05, 0.1) is 0 Å². The standard InChI is InChI=1S/C14H17NO/c1-11-6-8-13(9-7-11)15-14(16)10-12-4-2-3-5-12/h2,4,6-9,12H,3,5,10H2,1H3,(H,15,16)/t12-/m1/s1. The largest absolute Gasteiger partial charge is 0.326 e. The minimum absolute atomic E-state index is 0.111. The molecule has 0 bridgehead atoms. The molecule has 2 heteroatoms. The van der Waals surface area contributed by atoms with Crippen LogP contribution in [-0.4, -0.2) is 5.91 Å². The van der Waals surface area contributed by atoms with Gasteiger partial charge in [-0.15, -0.1) is 0 Å². The quantitative estimate of drug-likeness (QED) is 0.770. The Morgan fingerprint density at radius 3 is 2.75 bits per heavy atom. The molecule has 0 saturated carbocycles. The summed E-state index contributed by atoms with van der Waals surface area (Å²) in [4.78, 5) is 11.7. The second-order valence-corrected chi connectivity index (χ2v) is 4.38. The van der Waals surface area contributed by atoms with Crippen LogP contribution in [0.3, 0.4) is 0 Å². The molecule has 0 radical (unpaired) electrons. The maximum atomic E-state index is 11.7. The molecular weight excluding hydrogens is 198 g/mol. The molecule has 84 valence electrons. The molecule has 0 heterocycles. The van der Waals surface area contributed by atoms with Crippen molar-refractivity contribution >= 4 is 11.6 Å². The first-order valence-electron chi connectivity index (χ1n) is 5.77. The molecule has 1 aromatic rings. The summed E-state index contributed by atoms with van der Waals surface area (Å²) in [7, 11) is 0. The summed E-state index contributed by atoms with van der Waals surface area (Å²) in [5, 5.41) is 2.92. The van der Waals surface area contributed by atoms with E-state index in [1.54, 1.807) is 0 Å². The Morgan fingerprint density at radius 2 is 2.12 bits per heavy atom. The number of anilines is 1. The zero-order valence-corrected chi connectivity index (χ0v) is 9.57. The third-order valence-corrected chi connectivity index (χ3v) is 2.90. The average molecular weight is 215 g/mol. The van der Waals surface area contributed by atoms with Crippen molar-refractivity contribution in [1.82, 2.24) is 0 Å². The predicted molar refractivity (Wildman–Crippen MR) is 66.3 cm³/mol. The lowest BCUT2D eigenvalue weighted by Gasteiger charge is -2.08. The van der Waals surface area contributed by atoms with E-state index < -0.39 is 0 Å². The van der Waals surface area contributed by atoms with Crippen molar-refractivity contribution in [2.45, 2.75) is 26.2 Å². The van der Waals surface area contributed by atoms with Crippen LogP contribution < -0.4 is 5.32 Å². The highest BCUT2D eigenvalue weighted by Gasteiger charge is 2.13. The maximum absolute atomic E-state index is 11.7. The van der Waals surface area contributed by atoms with Crippen molar-refractivity contribution in [1.29, 1.82) is 0 Å². The number of amides is 1. The molecule has 0 spiro atoms. The third-order valence-electron chi connectivity index (χ3n) is 2.90. The molecule has 1 amide bonds. The van der Waals surface area contributed by atoms with Crippen molar-refractivity contribution in [3.63, 3.8) is 0 Å². The Balaban J connectivity index is 1.86. The fourth-order valence-corrected chi connectivity index (χ4v) is 1.95. The summed E-state index contributed by atoms with van der Waals surface area (Å²) in [6, 6.07) is 7.89. The van der Waals surface area contributed by atoms with Crippen molar-refractivity contribution < 1.29 is 4.79 Å². The van der Waals surface area contributed by atoms with Crippen LogP contribution in [-0.2, 0) is 4.79 Å². The topological polar surface area (TPSA) is 29.1 Å². The van der Waals surface area contributed by atoms with Gasteiger partial charge in [0.25, 0.3) is 0 Å². The van der Waals surface area contributed by atoms with Crippen molar-refractivity contribution in [2.24, 2.45) is 5.92 Å². The van der Waals surface area contributed by atoms with Gasteiger partial charge in [0.15, 0.2) is 0 Å². The van der Waals surface area contributed by atoms with E-state index >= 15 is 0 Å². The SMILES string of the molecule is Cc1ccc(NC(=O)C[C@@H]2C=CCC2)cc1. The molecule has 2 nitrogen and oxygen atoms in total. The Labute approximate surface area is 96.4 Å². The second kappa shape index (κ2) is 4.97. The zero-order valence-electron chi connectivity index (χ0n) is 9.57. The van der Waals surface area contributed by atoms with Crippen LogP contribution in [0.25, 0.3) is 0 Å². The van der Waals surface area contributed by atoms with Gasteiger partial charge in [-0.05, 0) is 37.8 Å². The number of carbonyl (C=O) groups excluding carboxylic acids is 1. The van der Waals surface area contributed by atoms with E-state index in [1.165, 1.54) is 5.56 Å². The van der Waals surface area contributed by atoms with Gasteiger partial charge in [0.2, 0.25) is 5.91 Å². The normalized spacial score (nSPS) is 18.7. The van der Waals surface area contributed by atoms with E-state index in [9.17, 15) is 4.79 Å². The van der Waals surface area contributed by atoms with E-state index in [2.05, 4.69) is 17.5 Å². The number of aryl methyl sites for hydroxylation is 1. The molecule has 0 fully saturated rings. The summed E-state index contributed by atoms with van der Waals surface area (Å²) < 4.78 is 0. The number of rotatable bonds is 3. The maximum Gasteiger partial charge on any atom is 0.224 e. The van der Waals surface area contributed by atoms with Crippen LogP contribution in [0.1, 0.15) is 24.8 Å². The lowest BCUT2D eigenvalue weighted by Crippen LogP contribution is -2.14. The molecule has 1 aliphatic rings. The van der Waals surface area contributed by atoms with Gasteiger partial charge < -0.3 is 5.32 Å². The van der Waals surface area contributed by atoms with Crippen LogP contribution >= 0.6 is 0 Å². The summed E-state index contributed by atoms with van der Waals surface area (Å²) in [5.41, 5.74) is 2.09. The van der Waals surface area contributed by atoms with E-state index in [4.69, 9.17) is 0 Å². The van der Waals surface area contributed by atoms with Gasteiger partial charge in [-0.25, -0.2) is 0 Å². The van der Waals surface area contributed by atoms with E-state index in [0.29, 0.717) is 12.3 Å². The van der Waals surface area contributed by atoms with Gasteiger partial charge in [0.1, 0.15) is 0 Å². The van der Waals surface area contributed by atoms with Gasteiger partial charge in [0, 0.05) is 12.1 Å². The van der Waals surface area contributed by atoms with Crippen LogP contribution in [0.2, 0.25) is 0 Å². The monoisotopic (exact) mass is 215 g/mol. The first kappa shape index (κ1) is 10.9. The lowest BCUT2D eigenvalue weighted by molar-refractivity contribution is -0.116. The highest BCUT2D eigenvalue weighted by atomic mass is 16.1. The van der Waals surface area contributed by atoms with Gasteiger partial charge in [-0.1, -0.05) is 29.8 Å². The number of hydrogen-bond acceptors (Lipinski definition) is 1. The number of benzene rings is 1. The van der Waals surface area contributed by atoms with Crippen LogP contribution in [0.4, 0.5) is 5.69 Å². The first-order chi connectivity index (χ1) is 7.74. The molecule has 1 N–H and O–H groups in total. The highest BCUT2D eigenvalue weighted by molar-refractivity contribution is 5.90. The molecular formula is C14H17NO. The molecule has 0 saturated heterocycles. The van der Waals surface area contributed by atoms with Gasteiger partial charge >= 0.3 is 0 Å². The molecule has 2 rings (SSSR count). The fourth-order valence-electron chi connectivity index (χ4n) is 1.95. The van der Waals surface area contributed by atoms with Gasteiger partial charge in [-0.2, -0.15) is 0 Å². The number of carbonyl (C=O) groups is 1. The minimum Gasteiger partial charge on any atom is -0.326 e. The molecule has 1 aliphatic carbocycles. The fraction of sp³-hybridized carbons (Fsp3) is 0.357. The summed E-state index contributed by atoms with van der Waals surface area (Å²) >= 11 is 0. The molecule has 16 heavy (non-hydrogen) atoms. The summed E-state index contributed by atoms with van der Waals surface area (Å²) in [6.07, 6.45) is 7.13.